The summed E-state index contributed by atoms with van der Waals surface area (Å²) in [6.45, 7) is 0. The van der Waals surface area contributed by atoms with E-state index in [0.717, 1.165) is 12.1 Å². The van der Waals surface area contributed by atoms with Crippen molar-refractivity contribution in [3.8, 4) is 0 Å². The summed E-state index contributed by atoms with van der Waals surface area (Å²) in [4.78, 5) is 22.2. The molecule has 0 aromatic heterocycles. The molecular formula is C14H7Cl2NO5. The molecule has 8 heteroatoms. The van der Waals surface area contributed by atoms with Crippen LogP contribution >= 0.6 is 23.2 Å². The van der Waals surface area contributed by atoms with Gasteiger partial charge < -0.3 is 9.84 Å². The molecule has 1 aliphatic heterocycles. The van der Waals surface area contributed by atoms with E-state index in [2.05, 4.69) is 0 Å². The highest BCUT2D eigenvalue weighted by Crippen LogP contribution is 2.44. The van der Waals surface area contributed by atoms with E-state index in [0.29, 0.717) is 0 Å². The Morgan fingerprint density at radius 2 is 1.86 bits per heavy atom. The number of carbonyl (C=O) groups is 1. The summed E-state index contributed by atoms with van der Waals surface area (Å²) in [6.07, 6.45) is 0. The third kappa shape index (κ3) is 2.12. The summed E-state index contributed by atoms with van der Waals surface area (Å²) in [5, 5.41) is 22.1. The number of rotatable bonds is 2. The molecule has 0 saturated heterocycles. The number of benzene rings is 2. The standard InChI is InChI=1S/C14H7Cl2NO5/c15-7-1-4-12(16)11(5-7)14(19)10-6-8(17(20)21)2-3-9(10)13(18)22-14/h1-6,19H. The number of nitro groups is 1. The van der Waals surface area contributed by atoms with Crippen LogP contribution < -0.4 is 0 Å². The molecule has 0 amide bonds. The number of nitro benzene ring substituents is 1. The minimum absolute atomic E-state index is 0.0316. The van der Waals surface area contributed by atoms with Crippen molar-refractivity contribution in [1.29, 1.82) is 0 Å². The number of carbonyl (C=O) groups excluding carboxylic acids is 1. The summed E-state index contributed by atoms with van der Waals surface area (Å²) >= 11 is 11.9. The number of non-ortho nitro benzene ring substituents is 1. The third-order valence-electron chi connectivity index (χ3n) is 3.33. The topological polar surface area (TPSA) is 89.7 Å². The lowest BCUT2D eigenvalue weighted by Crippen LogP contribution is -2.27. The molecule has 2 aromatic carbocycles. The Hall–Kier alpha value is -2.15. The van der Waals surface area contributed by atoms with Crippen LogP contribution in [0.25, 0.3) is 0 Å². The highest BCUT2D eigenvalue weighted by atomic mass is 35.5. The van der Waals surface area contributed by atoms with Gasteiger partial charge in [0.2, 0.25) is 0 Å². The summed E-state index contributed by atoms with van der Waals surface area (Å²) in [6, 6.07) is 7.74. The number of hydrogen-bond donors (Lipinski definition) is 1. The van der Waals surface area contributed by atoms with Crippen LogP contribution in [0.1, 0.15) is 21.5 Å². The second-order valence-corrected chi connectivity index (χ2v) is 5.49. The van der Waals surface area contributed by atoms with Crippen LogP contribution in [0.4, 0.5) is 5.69 Å². The number of nitrogens with zero attached hydrogens (tertiary/aromatic N) is 1. The second-order valence-electron chi connectivity index (χ2n) is 4.64. The Balaban J connectivity index is 2.26. The van der Waals surface area contributed by atoms with Gasteiger partial charge in [-0.25, -0.2) is 4.79 Å². The SMILES string of the molecule is O=C1OC(O)(c2cc(Cl)ccc2Cl)c2cc([N+](=O)[O-])ccc21. The predicted octanol–water partition coefficient (Wildman–Crippen LogP) is 3.27. The fourth-order valence-electron chi connectivity index (χ4n) is 2.31. The molecule has 1 N–H and O–H groups in total. The molecule has 1 unspecified atom stereocenters. The van der Waals surface area contributed by atoms with Crippen LogP contribution in [0.15, 0.2) is 36.4 Å². The van der Waals surface area contributed by atoms with E-state index in [-0.39, 0.29) is 32.4 Å². The van der Waals surface area contributed by atoms with E-state index in [4.69, 9.17) is 27.9 Å². The maximum absolute atomic E-state index is 11.9. The smallest absolute Gasteiger partial charge is 0.341 e. The molecule has 2 aromatic rings. The largest absolute Gasteiger partial charge is 0.420 e. The molecule has 1 heterocycles. The molecule has 3 rings (SSSR count). The second kappa shape index (κ2) is 4.95. The predicted molar refractivity (Wildman–Crippen MR) is 78.0 cm³/mol. The number of hydrogen-bond acceptors (Lipinski definition) is 5. The molecule has 0 fully saturated rings. The van der Waals surface area contributed by atoms with E-state index in [1.54, 1.807) is 0 Å². The number of fused-ring (bicyclic) bond motifs is 1. The number of halogens is 2. The van der Waals surface area contributed by atoms with Crippen molar-refractivity contribution < 1.29 is 19.6 Å². The molecule has 0 bridgehead atoms. The van der Waals surface area contributed by atoms with E-state index < -0.39 is 16.7 Å². The molecule has 0 aliphatic carbocycles. The van der Waals surface area contributed by atoms with Crippen molar-refractivity contribution in [2.24, 2.45) is 0 Å². The fourth-order valence-corrected chi connectivity index (χ4v) is 2.72. The summed E-state index contributed by atoms with van der Waals surface area (Å²) in [7, 11) is 0. The molecular weight excluding hydrogens is 333 g/mol. The van der Waals surface area contributed by atoms with Crippen LogP contribution in [0.3, 0.4) is 0 Å². The molecule has 6 nitrogen and oxygen atoms in total. The van der Waals surface area contributed by atoms with Crippen molar-refractivity contribution in [3.63, 3.8) is 0 Å². The van der Waals surface area contributed by atoms with Gasteiger partial charge in [0.1, 0.15) is 0 Å². The minimum atomic E-state index is -2.22. The Labute approximate surface area is 134 Å². The van der Waals surface area contributed by atoms with E-state index in [1.165, 1.54) is 24.3 Å². The lowest BCUT2D eigenvalue weighted by atomic mass is 9.95. The van der Waals surface area contributed by atoms with Gasteiger partial charge in [0.05, 0.1) is 15.5 Å². The van der Waals surface area contributed by atoms with Crippen LogP contribution in [0.5, 0.6) is 0 Å². The Morgan fingerprint density at radius 1 is 1.14 bits per heavy atom. The minimum Gasteiger partial charge on any atom is -0.420 e. The van der Waals surface area contributed by atoms with Crippen molar-refractivity contribution >= 4 is 34.9 Å². The molecule has 0 radical (unpaired) electrons. The normalized spacial score (nSPS) is 19.7. The van der Waals surface area contributed by atoms with Gasteiger partial charge in [-0.1, -0.05) is 23.2 Å². The van der Waals surface area contributed by atoms with Crippen LogP contribution in [-0.2, 0) is 10.5 Å². The van der Waals surface area contributed by atoms with Crippen molar-refractivity contribution in [2.75, 3.05) is 0 Å². The van der Waals surface area contributed by atoms with Crippen LogP contribution in [-0.4, -0.2) is 16.0 Å². The average molecular weight is 340 g/mol. The van der Waals surface area contributed by atoms with E-state index in [1.807, 2.05) is 0 Å². The van der Waals surface area contributed by atoms with Gasteiger partial charge in [-0.2, -0.15) is 0 Å². The molecule has 22 heavy (non-hydrogen) atoms. The van der Waals surface area contributed by atoms with Crippen molar-refractivity contribution in [2.45, 2.75) is 5.79 Å². The average Bonchev–Trinajstić information content (AvgIpc) is 2.73. The number of aliphatic hydroxyl groups is 1. The number of cyclic esters (lactones) is 1. The fraction of sp³-hybridized carbons (Fsp3) is 0.0714. The molecule has 1 atom stereocenters. The number of esters is 1. The zero-order valence-electron chi connectivity index (χ0n) is 10.7. The first kappa shape index (κ1) is 14.8. The Morgan fingerprint density at radius 3 is 2.55 bits per heavy atom. The van der Waals surface area contributed by atoms with Crippen molar-refractivity contribution in [3.05, 3.63) is 73.2 Å². The first-order chi connectivity index (χ1) is 10.3. The van der Waals surface area contributed by atoms with E-state index >= 15 is 0 Å². The molecule has 112 valence electrons. The van der Waals surface area contributed by atoms with Crippen LogP contribution in [0.2, 0.25) is 10.0 Å². The zero-order chi connectivity index (χ0) is 16.1. The van der Waals surface area contributed by atoms with Gasteiger partial charge in [0.15, 0.2) is 0 Å². The van der Waals surface area contributed by atoms with Gasteiger partial charge in [-0.3, -0.25) is 10.1 Å². The highest BCUT2D eigenvalue weighted by Gasteiger charge is 2.47. The zero-order valence-corrected chi connectivity index (χ0v) is 12.3. The van der Waals surface area contributed by atoms with Gasteiger partial charge in [0, 0.05) is 28.3 Å². The summed E-state index contributed by atoms with van der Waals surface area (Å²) in [5.41, 5.74) is -0.261. The summed E-state index contributed by atoms with van der Waals surface area (Å²) in [5.74, 6) is -3.02. The van der Waals surface area contributed by atoms with Crippen LogP contribution in [0, 0.1) is 10.1 Å². The molecule has 0 saturated carbocycles. The third-order valence-corrected chi connectivity index (χ3v) is 3.90. The van der Waals surface area contributed by atoms with Gasteiger partial charge in [0.25, 0.3) is 11.5 Å². The van der Waals surface area contributed by atoms with Gasteiger partial charge in [-0.15, -0.1) is 0 Å². The van der Waals surface area contributed by atoms with Crippen molar-refractivity contribution in [1.82, 2.24) is 0 Å². The number of ether oxygens (including phenoxy) is 1. The highest BCUT2D eigenvalue weighted by molar-refractivity contribution is 6.33. The summed E-state index contributed by atoms with van der Waals surface area (Å²) < 4.78 is 5.03. The molecule has 0 spiro atoms. The first-order valence-electron chi connectivity index (χ1n) is 6.03. The Bertz CT molecular complexity index is 823. The first-order valence-corrected chi connectivity index (χ1v) is 6.78. The van der Waals surface area contributed by atoms with Gasteiger partial charge >= 0.3 is 5.97 Å². The lowest BCUT2D eigenvalue weighted by Gasteiger charge is -2.23. The maximum atomic E-state index is 11.9. The Kier molecular flexibility index (Phi) is 3.32. The maximum Gasteiger partial charge on any atom is 0.341 e. The molecule has 1 aliphatic rings. The quantitative estimate of drug-likeness (QED) is 0.515. The monoisotopic (exact) mass is 339 g/mol. The van der Waals surface area contributed by atoms with E-state index in [9.17, 15) is 20.0 Å². The lowest BCUT2D eigenvalue weighted by molar-refractivity contribution is -0.385. The van der Waals surface area contributed by atoms with Gasteiger partial charge in [-0.05, 0) is 24.3 Å².